The van der Waals surface area contributed by atoms with Crippen molar-refractivity contribution in [2.24, 2.45) is 11.8 Å². The first kappa shape index (κ1) is 12.6. The molecule has 1 saturated carbocycles. The van der Waals surface area contributed by atoms with E-state index in [2.05, 4.69) is 51.3 Å². The Hall–Kier alpha value is -0.820. The van der Waals surface area contributed by atoms with Gasteiger partial charge in [0.1, 0.15) is 0 Å². The van der Waals surface area contributed by atoms with Gasteiger partial charge in [-0.15, -0.1) is 0 Å². The highest BCUT2D eigenvalue weighted by atomic mass is 14.9. The fraction of sp³-hybridized carbons (Fsp3) is 0.625. The van der Waals surface area contributed by atoms with Gasteiger partial charge in [-0.2, -0.15) is 0 Å². The van der Waals surface area contributed by atoms with E-state index in [9.17, 15) is 0 Å². The topological polar surface area (TPSA) is 12.0 Å². The van der Waals surface area contributed by atoms with Gasteiger partial charge in [0.15, 0.2) is 0 Å². The Morgan fingerprint density at radius 3 is 2.24 bits per heavy atom. The Balaban J connectivity index is 2.28. The van der Waals surface area contributed by atoms with E-state index in [1.54, 1.807) is 0 Å². The molecule has 17 heavy (non-hydrogen) atoms. The summed E-state index contributed by atoms with van der Waals surface area (Å²) in [5.74, 6) is 1.66. The molecule has 1 aliphatic rings. The van der Waals surface area contributed by atoms with Gasteiger partial charge in [-0.05, 0) is 44.7 Å². The maximum absolute atomic E-state index is 3.55. The number of hydrogen-bond donors (Lipinski definition) is 1. The molecule has 0 aromatic heterocycles. The van der Waals surface area contributed by atoms with Crippen LogP contribution in [0.2, 0.25) is 0 Å². The minimum absolute atomic E-state index is 0.533. The Morgan fingerprint density at radius 1 is 1.12 bits per heavy atom. The molecule has 0 aliphatic heterocycles. The molecular weight excluding hydrogens is 206 g/mol. The Kier molecular flexibility index (Phi) is 3.88. The highest BCUT2D eigenvalue weighted by molar-refractivity contribution is 5.31. The van der Waals surface area contributed by atoms with Crippen molar-refractivity contribution in [3.63, 3.8) is 0 Å². The fourth-order valence-corrected chi connectivity index (χ4v) is 3.49. The van der Waals surface area contributed by atoms with Crippen LogP contribution in [0.25, 0.3) is 0 Å². The van der Waals surface area contributed by atoms with Crippen LogP contribution in [0.1, 0.15) is 48.9 Å². The molecule has 3 unspecified atom stereocenters. The quantitative estimate of drug-likeness (QED) is 0.829. The predicted octanol–water partition coefficient (Wildman–Crippen LogP) is 4.00. The molecule has 2 rings (SSSR count). The van der Waals surface area contributed by atoms with Gasteiger partial charge in [-0.1, -0.05) is 49.1 Å². The van der Waals surface area contributed by atoms with E-state index in [1.807, 2.05) is 0 Å². The summed E-state index contributed by atoms with van der Waals surface area (Å²) >= 11 is 0. The zero-order valence-electron chi connectivity index (χ0n) is 11.6. The van der Waals surface area contributed by atoms with Crippen LogP contribution in [0.15, 0.2) is 18.2 Å². The van der Waals surface area contributed by atoms with Gasteiger partial charge in [-0.25, -0.2) is 0 Å². The molecule has 3 atom stereocenters. The molecule has 0 saturated heterocycles. The molecule has 0 bridgehead atoms. The van der Waals surface area contributed by atoms with Gasteiger partial charge in [0.05, 0.1) is 0 Å². The van der Waals surface area contributed by atoms with E-state index in [1.165, 1.54) is 36.0 Å². The molecule has 0 spiro atoms. The van der Waals surface area contributed by atoms with Gasteiger partial charge in [0.2, 0.25) is 0 Å². The first-order valence-corrected chi connectivity index (χ1v) is 6.87. The average Bonchev–Trinajstić information content (AvgIpc) is 2.65. The molecule has 1 nitrogen and oxygen atoms in total. The highest BCUT2D eigenvalue weighted by Gasteiger charge is 2.30. The van der Waals surface area contributed by atoms with E-state index >= 15 is 0 Å². The Bertz CT molecular complexity index is 363. The number of benzene rings is 1. The molecule has 1 aromatic carbocycles. The standard InChI is InChI=1S/C16H25N/c1-11-8-12(2)10-14(9-11)16(17-4)15-7-5-6-13(15)3/h8-10,13,15-17H,5-7H2,1-4H3. The van der Waals surface area contributed by atoms with E-state index in [-0.39, 0.29) is 0 Å². The van der Waals surface area contributed by atoms with Crippen LogP contribution < -0.4 is 5.32 Å². The zero-order chi connectivity index (χ0) is 12.4. The zero-order valence-corrected chi connectivity index (χ0v) is 11.6. The fourth-order valence-electron chi connectivity index (χ4n) is 3.49. The van der Waals surface area contributed by atoms with Crippen LogP contribution >= 0.6 is 0 Å². The van der Waals surface area contributed by atoms with Crippen molar-refractivity contribution >= 4 is 0 Å². The summed E-state index contributed by atoms with van der Waals surface area (Å²) in [4.78, 5) is 0. The summed E-state index contributed by atoms with van der Waals surface area (Å²) in [5.41, 5.74) is 4.24. The molecular formula is C16H25N. The molecule has 0 amide bonds. The maximum atomic E-state index is 3.55. The van der Waals surface area contributed by atoms with Gasteiger partial charge in [-0.3, -0.25) is 0 Å². The largest absolute Gasteiger partial charge is 0.313 e. The minimum Gasteiger partial charge on any atom is -0.313 e. The van der Waals surface area contributed by atoms with Crippen LogP contribution in [-0.4, -0.2) is 7.05 Å². The summed E-state index contributed by atoms with van der Waals surface area (Å²) < 4.78 is 0. The monoisotopic (exact) mass is 231 g/mol. The van der Waals surface area contributed by atoms with E-state index in [4.69, 9.17) is 0 Å². The van der Waals surface area contributed by atoms with E-state index in [0.717, 1.165) is 11.8 Å². The summed E-state index contributed by atoms with van der Waals surface area (Å²) in [5, 5.41) is 3.55. The lowest BCUT2D eigenvalue weighted by atomic mass is 9.85. The summed E-state index contributed by atoms with van der Waals surface area (Å²) in [6, 6.07) is 7.48. The predicted molar refractivity (Wildman–Crippen MR) is 74.2 cm³/mol. The van der Waals surface area contributed by atoms with Crippen LogP contribution in [0.3, 0.4) is 0 Å². The lowest BCUT2D eigenvalue weighted by Gasteiger charge is -2.27. The van der Waals surface area contributed by atoms with Gasteiger partial charge < -0.3 is 5.32 Å². The van der Waals surface area contributed by atoms with Crippen LogP contribution in [0.4, 0.5) is 0 Å². The molecule has 94 valence electrons. The number of nitrogens with one attached hydrogen (secondary N) is 1. The Labute approximate surface area is 106 Å². The van der Waals surface area contributed by atoms with Crippen LogP contribution in [-0.2, 0) is 0 Å². The van der Waals surface area contributed by atoms with E-state index < -0.39 is 0 Å². The summed E-state index contributed by atoms with van der Waals surface area (Å²) in [7, 11) is 2.10. The van der Waals surface area contributed by atoms with Gasteiger partial charge in [0.25, 0.3) is 0 Å². The third-order valence-corrected chi connectivity index (χ3v) is 4.27. The van der Waals surface area contributed by atoms with Crippen molar-refractivity contribution in [1.29, 1.82) is 0 Å². The second-order valence-electron chi connectivity index (χ2n) is 5.76. The minimum atomic E-state index is 0.533. The second-order valence-corrected chi connectivity index (χ2v) is 5.76. The highest BCUT2D eigenvalue weighted by Crippen LogP contribution is 2.40. The van der Waals surface area contributed by atoms with Crippen molar-refractivity contribution in [3.8, 4) is 0 Å². The molecule has 0 heterocycles. The Morgan fingerprint density at radius 2 is 1.76 bits per heavy atom. The molecule has 0 radical (unpaired) electrons. The lowest BCUT2D eigenvalue weighted by molar-refractivity contribution is 0.315. The SMILES string of the molecule is CNC(c1cc(C)cc(C)c1)C1CCCC1C. The summed E-state index contributed by atoms with van der Waals surface area (Å²) in [6.07, 6.45) is 4.17. The lowest BCUT2D eigenvalue weighted by Crippen LogP contribution is -2.27. The van der Waals surface area contributed by atoms with Crippen molar-refractivity contribution in [1.82, 2.24) is 5.32 Å². The molecule has 1 aromatic rings. The van der Waals surface area contributed by atoms with Crippen LogP contribution in [0.5, 0.6) is 0 Å². The van der Waals surface area contributed by atoms with Gasteiger partial charge >= 0.3 is 0 Å². The number of aryl methyl sites for hydroxylation is 2. The van der Waals surface area contributed by atoms with Crippen molar-refractivity contribution in [2.75, 3.05) is 7.05 Å². The summed E-state index contributed by atoms with van der Waals surface area (Å²) in [6.45, 7) is 6.80. The van der Waals surface area contributed by atoms with E-state index in [0.29, 0.717) is 6.04 Å². The number of rotatable bonds is 3. The van der Waals surface area contributed by atoms with Crippen LogP contribution in [0, 0.1) is 25.7 Å². The van der Waals surface area contributed by atoms with Crippen molar-refractivity contribution < 1.29 is 0 Å². The van der Waals surface area contributed by atoms with Crippen molar-refractivity contribution in [2.45, 2.75) is 46.1 Å². The van der Waals surface area contributed by atoms with Gasteiger partial charge in [0, 0.05) is 6.04 Å². The third-order valence-electron chi connectivity index (χ3n) is 4.27. The molecule has 1 N–H and O–H groups in total. The van der Waals surface area contributed by atoms with Crippen molar-refractivity contribution in [3.05, 3.63) is 34.9 Å². The molecule has 1 fully saturated rings. The normalized spacial score (nSPS) is 26.1. The first-order chi connectivity index (χ1) is 8.11. The average molecular weight is 231 g/mol. The molecule has 1 heteroatoms. The second kappa shape index (κ2) is 5.22. The maximum Gasteiger partial charge on any atom is 0.0348 e. The molecule has 1 aliphatic carbocycles. The smallest absolute Gasteiger partial charge is 0.0348 e. The third kappa shape index (κ3) is 2.71. The first-order valence-electron chi connectivity index (χ1n) is 6.87. The number of hydrogen-bond acceptors (Lipinski definition) is 1.